The predicted molar refractivity (Wildman–Crippen MR) is 107 cm³/mol. The molecular weight excluding hydrogens is 340 g/mol. The first kappa shape index (κ1) is 18.6. The summed E-state index contributed by atoms with van der Waals surface area (Å²) in [5.74, 6) is -0.127. The van der Waals surface area contributed by atoms with Crippen LogP contribution in [0.1, 0.15) is 37.5 Å². The van der Waals surface area contributed by atoms with Crippen molar-refractivity contribution in [1.29, 1.82) is 0 Å². The maximum Gasteiger partial charge on any atom is 0.344 e. The van der Waals surface area contributed by atoms with Gasteiger partial charge in [0.05, 0.1) is 11.3 Å². The maximum absolute atomic E-state index is 12.5. The number of hydrogen-bond donors (Lipinski definition) is 0. The summed E-state index contributed by atoms with van der Waals surface area (Å²) >= 11 is 0. The molecule has 2 aromatic carbocycles. The topological polar surface area (TPSA) is 56.5 Å². The molecule has 0 radical (unpaired) electrons. The zero-order valence-electron chi connectivity index (χ0n) is 15.4. The number of hydrogen-bond acceptors (Lipinski definition) is 4. The van der Waals surface area contributed by atoms with Crippen molar-refractivity contribution in [3.05, 3.63) is 88.5 Å². The van der Waals surface area contributed by atoms with E-state index in [1.165, 1.54) is 0 Å². The van der Waals surface area contributed by atoms with Gasteiger partial charge in [0, 0.05) is 0 Å². The summed E-state index contributed by atoms with van der Waals surface area (Å²) in [7, 11) is 0. The Morgan fingerprint density at radius 2 is 1.81 bits per heavy atom. The predicted octanol–water partition coefficient (Wildman–Crippen LogP) is 4.93. The van der Waals surface area contributed by atoms with Gasteiger partial charge in [0.25, 0.3) is 0 Å². The van der Waals surface area contributed by atoms with E-state index in [4.69, 9.17) is 9.15 Å². The summed E-state index contributed by atoms with van der Waals surface area (Å²) in [5, 5.41) is 1.36. The molecule has 0 aliphatic carbocycles. The molecule has 3 rings (SSSR count). The van der Waals surface area contributed by atoms with Gasteiger partial charge in [-0.1, -0.05) is 55.5 Å². The minimum Gasteiger partial charge on any atom is -0.458 e. The molecule has 3 aromatic rings. The van der Waals surface area contributed by atoms with E-state index in [9.17, 15) is 9.59 Å². The highest BCUT2D eigenvalue weighted by Gasteiger charge is 2.21. The number of esters is 1. The largest absolute Gasteiger partial charge is 0.458 e. The molecule has 4 nitrogen and oxygen atoms in total. The summed E-state index contributed by atoms with van der Waals surface area (Å²) in [6, 6.07) is 18.7. The molecule has 0 saturated carbocycles. The number of rotatable bonds is 6. The fourth-order valence-electron chi connectivity index (χ4n) is 2.99. The van der Waals surface area contributed by atoms with Crippen molar-refractivity contribution >= 4 is 22.8 Å². The van der Waals surface area contributed by atoms with Crippen molar-refractivity contribution in [3.8, 4) is 0 Å². The molecule has 0 saturated heterocycles. The van der Waals surface area contributed by atoms with Gasteiger partial charge < -0.3 is 9.15 Å². The minimum absolute atomic E-state index is 0.263. The molecule has 2 atom stereocenters. The van der Waals surface area contributed by atoms with Crippen LogP contribution in [-0.4, -0.2) is 12.1 Å². The third kappa shape index (κ3) is 4.53. The van der Waals surface area contributed by atoms with Gasteiger partial charge in [-0.05, 0) is 48.6 Å². The highest BCUT2D eigenvalue weighted by atomic mass is 16.5. The van der Waals surface area contributed by atoms with Gasteiger partial charge >= 0.3 is 11.6 Å². The molecule has 0 aliphatic rings. The van der Waals surface area contributed by atoms with Crippen LogP contribution in [0, 0.1) is 0 Å². The Morgan fingerprint density at radius 1 is 1.11 bits per heavy atom. The van der Waals surface area contributed by atoms with E-state index in [0.29, 0.717) is 17.6 Å². The molecule has 0 bridgehead atoms. The molecule has 0 fully saturated rings. The molecule has 1 heterocycles. The molecule has 1 aromatic heterocycles. The molecule has 0 unspecified atom stereocenters. The zero-order valence-corrected chi connectivity index (χ0v) is 15.4. The Hall–Kier alpha value is -3.14. The molecule has 0 amide bonds. The van der Waals surface area contributed by atoms with Crippen LogP contribution in [0.4, 0.5) is 0 Å². The quantitative estimate of drug-likeness (QED) is 0.583. The summed E-state index contributed by atoms with van der Waals surface area (Å²) in [5.41, 5.74) is 0.564. The number of benzene rings is 2. The maximum atomic E-state index is 12.5. The van der Waals surface area contributed by atoms with Gasteiger partial charge in [-0.15, -0.1) is 0 Å². The highest BCUT2D eigenvalue weighted by Crippen LogP contribution is 2.22. The molecule has 0 N–H and O–H groups in total. The normalized spacial score (nSPS) is 13.6. The van der Waals surface area contributed by atoms with E-state index in [2.05, 4.69) is 0 Å². The van der Waals surface area contributed by atoms with Gasteiger partial charge in [-0.25, -0.2) is 4.79 Å². The highest BCUT2D eigenvalue weighted by molar-refractivity contribution is 5.82. The fraction of sp³-hybridized carbons (Fsp3) is 0.217. The summed E-state index contributed by atoms with van der Waals surface area (Å²) < 4.78 is 10.9. The van der Waals surface area contributed by atoms with E-state index < -0.39 is 6.10 Å². The van der Waals surface area contributed by atoms with Crippen LogP contribution in [0.25, 0.3) is 16.8 Å². The second-order valence-electron chi connectivity index (χ2n) is 6.40. The first-order valence-corrected chi connectivity index (χ1v) is 9.05. The zero-order chi connectivity index (χ0) is 19.2. The van der Waals surface area contributed by atoms with Crippen molar-refractivity contribution in [2.45, 2.75) is 32.3 Å². The average molecular weight is 362 g/mol. The fourth-order valence-corrected chi connectivity index (χ4v) is 2.99. The van der Waals surface area contributed by atoms with Crippen molar-refractivity contribution in [3.63, 3.8) is 0 Å². The first-order valence-electron chi connectivity index (χ1n) is 9.05. The molecule has 138 valence electrons. The van der Waals surface area contributed by atoms with Crippen molar-refractivity contribution in [2.75, 3.05) is 0 Å². The van der Waals surface area contributed by atoms with Crippen LogP contribution in [0.15, 0.2) is 76.0 Å². The van der Waals surface area contributed by atoms with E-state index in [0.717, 1.165) is 10.9 Å². The van der Waals surface area contributed by atoms with E-state index in [1.54, 1.807) is 37.3 Å². The van der Waals surface area contributed by atoms with Gasteiger partial charge in [0.2, 0.25) is 0 Å². The molecule has 4 heteroatoms. The summed E-state index contributed by atoms with van der Waals surface area (Å²) in [6.45, 7) is 3.74. The van der Waals surface area contributed by atoms with Crippen molar-refractivity contribution < 1.29 is 13.9 Å². The number of fused-ring (bicyclic) bond motifs is 1. The lowest BCUT2D eigenvalue weighted by molar-refractivity contribution is -0.148. The molecule has 27 heavy (non-hydrogen) atoms. The lowest BCUT2D eigenvalue weighted by atomic mass is 9.97. The monoisotopic (exact) mass is 362 g/mol. The smallest absolute Gasteiger partial charge is 0.344 e. The molecule has 0 aliphatic heterocycles. The van der Waals surface area contributed by atoms with Gasteiger partial charge in [0.15, 0.2) is 0 Å². The van der Waals surface area contributed by atoms with Crippen LogP contribution >= 0.6 is 0 Å². The van der Waals surface area contributed by atoms with E-state index in [-0.39, 0.29) is 17.5 Å². The van der Waals surface area contributed by atoms with Crippen LogP contribution in [0.2, 0.25) is 0 Å². The average Bonchev–Trinajstić information content (AvgIpc) is 2.68. The molecule has 0 spiro atoms. The Morgan fingerprint density at radius 3 is 2.56 bits per heavy atom. The Bertz CT molecular complexity index is 1000. The number of ether oxygens (including phenoxy) is 1. The third-order valence-electron chi connectivity index (χ3n) is 4.42. The van der Waals surface area contributed by atoms with Gasteiger partial charge in [-0.2, -0.15) is 0 Å². The van der Waals surface area contributed by atoms with Crippen LogP contribution in [-0.2, 0) is 9.53 Å². The van der Waals surface area contributed by atoms with Crippen LogP contribution < -0.4 is 5.63 Å². The third-order valence-corrected chi connectivity index (χ3v) is 4.42. The summed E-state index contributed by atoms with van der Waals surface area (Å²) in [6.07, 6.45) is 3.60. The van der Waals surface area contributed by atoms with Crippen molar-refractivity contribution in [1.82, 2.24) is 0 Å². The number of carbonyl (C=O) groups excluding carboxylic acids is 1. The molecular formula is C23H22O4. The van der Waals surface area contributed by atoms with Crippen molar-refractivity contribution in [2.24, 2.45) is 0 Å². The van der Waals surface area contributed by atoms with Gasteiger partial charge in [0.1, 0.15) is 11.9 Å². The second kappa shape index (κ2) is 8.49. The Labute approximate surface area is 158 Å². The minimum atomic E-state index is -0.438. The summed E-state index contributed by atoms with van der Waals surface area (Å²) in [4.78, 5) is 24.5. The Balaban J connectivity index is 1.70. The van der Waals surface area contributed by atoms with E-state index in [1.807, 2.05) is 49.4 Å². The Kier molecular flexibility index (Phi) is 5.87. The number of carbonyl (C=O) groups is 1. The van der Waals surface area contributed by atoms with Crippen LogP contribution in [0.5, 0.6) is 0 Å². The lowest BCUT2D eigenvalue weighted by Gasteiger charge is -2.17. The SMILES string of the molecule is CC[C@H](C(=O)O[C@H](C)/C=C/c1cc2ccccc2c(=O)o1)c1ccccc1. The lowest BCUT2D eigenvalue weighted by Crippen LogP contribution is -2.19. The first-order chi connectivity index (χ1) is 13.1. The van der Waals surface area contributed by atoms with Crippen LogP contribution in [0.3, 0.4) is 0 Å². The second-order valence-corrected chi connectivity index (χ2v) is 6.40. The van der Waals surface area contributed by atoms with Gasteiger partial charge in [-0.3, -0.25) is 4.79 Å². The van der Waals surface area contributed by atoms with E-state index >= 15 is 0 Å². The standard InChI is InChI=1S/C23H22O4/c1-3-20(17-9-5-4-6-10-17)22(24)26-16(2)13-14-19-15-18-11-7-8-12-21(18)23(25)27-19/h4-16,20H,3H2,1-2H3/b14-13+/t16-,20+/m1/s1.